The lowest BCUT2D eigenvalue weighted by molar-refractivity contribution is -0.384. The van der Waals surface area contributed by atoms with Gasteiger partial charge in [0.15, 0.2) is 0 Å². The number of hydrogen-bond acceptors (Lipinski definition) is 5. The molecule has 1 aliphatic rings. The first-order valence-corrected chi connectivity index (χ1v) is 6.08. The summed E-state index contributed by atoms with van der Waals surface area (Å²) in [5.41, 5.74) is 11.5. The van der Waals surface area contributed by atoms with Crippen LogP contribution in [0.1, 0.15) is 23.2 Å². The second-order valence-corrected chi connectivity index (χ2v) is 4.65. The van der Waals surface area contributed by atoms with Gasteiger partial charge in [-0.25, -0.2) is 0 Å². The Kier molecular flexibility index (Phi) is 3.66. The Labute approximate surface area is 110 Å². The van der Waals surface area contributed by atoms with Crippen molar-refractivity contribution < 1.29 is 9.72 Å². The van der Waals surface area contributed by atoms with E-state index in [2.05, 4.69) is 0 Å². The van der Waals surface area contributed by atoms with Crippen LogP contribution in [0.5, 0.6) is 0 Å². The quantitative estimate of drug-likeness (QED) is 0.613. The number of carbonyl (C=O) groups is 1. The molecule has 0 bridgehead atoms. The zero-order valence-electron chi connectivity index (χ0n) is 10.4. The van der Waals surface area contributed by atoms with Crippen molar-refractivity contribution in [1.82, 2.24) is 0 Å². The van der Waals surface area contributed by atoms with Crippen molar-refractivity contribution in [2.24, 2.45) is 11.5 Å². The van der Waals surface area contributed by atoms with Crippen molar-refractivity contribution in [1.29, 1.82) is 0 Å². The summed E-state index contributed by atoms with van der Waals surface area (Å²) < 4.78 is 0. The highest BCUT2D eigenvalue weighted by Crippen LogP contribution is 2.31. The summed E-state index contributed by atoms with van der Waals surface area (Å²) in [6, 6.07) is 4.47. The molecule has 7 nitrogen and oxygen atoms in total. The number of nitro benzene ring substituents is 1. The van der Waals surface area contributed by atoms with E-state index in [-0.39, 0.29) is 17.3 Å². The van der Waals surface area contributed by atoms with Gasteiger partial charge in [0, 0.05) is 30.8 Å². The van der Waals surface area contributed by atoms with Gasteiger partial charge >= 0.3 is 0 Å². The van der Waals surface area contributed by atoms with Crippen LogP contribution < -0.4 is 16.4 Å². The molecule has 1 aliphatic heterocycles. The van der Waals surface area contributed by atoms with Crippen molar-refractivity contribution in [3.8, 4) is 0 Å². The minimum Gasteiger partial charge on any atom is -0.366 e. The fourth-order valence-electron chi connectivity index (χ4n) is 2.23. The topological polar surface area (TPSA) is 115 Å². The molecule has 1 aromatic rings. The predicted octanol–water partition coefficient (Wildman–Crippen LogP) is 0.621. The number of nitrogens with zero attached hydrogens (tertiary/aromatic N) is 2. The van der Waals surface area contributed by atoms with Gasteiger partial charge in [-0.2, -0.15) is 0 Å². The van der Waals surface area contributed by atoms with Gasteiger partial charge in [0.25, 0.3) is 5.69 Å². The maximum absolute atomic E-state index is 11.1. The van der Waals surface area contributed by atoms with Crippen LogP contribution in [0, 0.1) is 10.1 Å². The highest BCUT2D eigenvalue weighted by Gasteiger charge is 2.24. The fraction of sp³-hybridized carbons (Fsp3) is 0.417. The van der Waals surface area contributed by atoms with E-state index in [1.807, 2.05) is 4.90 Å². The van der Waals surface area contributed by atoms with E-state index in [9.17, 15) is 14.9 Å². The summed E-state index contributed by atoms with van der Waals surface area (Å²) in [6.45, 7) is 1.36. The van der Waals surface area contributed by atoms with Gasteiger partial charge in [0.05, 0.1) is 4.92 Å². The molecule has 1 amide bonds. The number of amides is 1. The molecule has 1 fully saturated rings. The number of rotatable bonds is 3. The molecular formula is C12H16N4O3. The third kappa shape index (κ3) is 2.82. The molecule has 2 rings (SSSR count). The van der Waals surface area contributed by atoms with Gasteiger partial charge in [-0.05, 0) is 25.0 Å². The number of hydrogen-bond donors (Lipinski definition) is 2. The molecule has 4 N–H and O–H groups in total. The zero-order valence-corrected chi connectivity index (χ0v) is 10.4. The second-order valence-electron chi connectivity index (χ2n) is 4.65. The molecule has 19 heavy (non-hydrogen) atoms. The normalized spacial score (nSPS) is 16.4. The molecule has 7 heteroatoms. The molecular weight excluding hydrogens is 248 g/mol. The van der Waals surface area contributed by atoms with E-state index in [0.29, 0.717) is 18.8 Å². The Hall–Kier alpha value is -2.15. The molecule has 0 saturated carbocycles. The van der Waals surface area contributed by atoms with Gasteiger partial charge in [0.2, 0.25) is 5.91 Å². The van der Waals surface area contributed by atoms with Crippen LogP contribution in [-0.2, 0) is 0 Å². The monoisotopic (exact) mass is 264 g/mol. The molecule has 102 valence electrons. The number of benzene rings is 1. The smallest absolute Gasteiger partial charge is 0.293 e. The minimum atomic E-state index is -0.671. The SMILES string of the molecule is NC(=O)c1ccc(N2CCC(N)CC2)c([N+](=O)[O-])c1. The van der Waals surface area contributed by atoms with E-state index < -0.39 is 10.8 Å². The fourth-order valence-corrected chi connectivity index (χ4v) is 2.23. The molecule has 1 saturated heterocycles. The molecule has 1 heterocycles. The van der Waals surface area contributed by atoms with E-state index in [4.69, 9.17) is 11.5 Å². The van der Waals surface area contributed by atoms with Gasteiger partial charge in [-0.15, -0.1) is 0 Å². The number of anilines is 1. The van der Waals surface area contributed by atoms with Crippen LogP contribution >= 0.6 is 0 Å². The summed E-state index contributed by atoms with van der Waals surface area (Å²) in [4.78, 5) is 23.6. The van der Waals surface area contributed by atoms with E-state index >= 15 is 0 Å². The number of carbonyl (C=O) groups excluding carboxylic acids is 1. The Bertz CT molecular complexity index is 510. The summed E-state index contributed by atoms with van der Waals surface area (Å²) in [5.74, 6) is -0.671. The number of piperidine rings is 1. The van der Waals surface area contributed by atoms with E-state index in [0.717, 1.165) is 12.8 Å². The van der Waals surface area contributed by atoms with Crippen LogP contribution in [0.2, 0.25) is 0 Å². The third-order valence-corrected chi connectivity index (χ3v) is 3.34. The molecule has 1 aromatic carbocycles. The van der Waals surface area contributed by atoms with Crippen molar-refractivity contribution in [2.45, 2.75) is 18.9 Å². The van der Waals surface area contributed by atoms with Crippen molar-refractivity contribution in [2.75, 3.05) is 18.0 Å². The molecule has 0 atom stereocenters. The van der Waals surface area contributed by atoms with Crippen LogP contribution in [0.25, 0.3) is 0 Å². The molecule has 0 spiro atoms. The molecule has 0 aliphatic carbocycles. The van der Waals surface area contributed by atoms with Gasteiger partial charge < -0.3 is 16.4 Å². The summed E-state index contributed by atoms with van der Waals surface area (Å²) in [5, 5.41) is 11.1. The van der Waals surface area contributed by atoms with Crippen LogP contribution in [-0.4, -0.2) is 30.0 Å². The van der Waals surface area contributed by atoms with Crippen molar-refractivity contribution in [3.05, 3.63) is 33.9 Å². The number of primary amides is 1. The van der Waals surface area contributed by atoms with Crippen LogP contribution in [0.3, 0.4) is 0 Å². The maximum Gasteiger partial charge on any atom is 0.293 e. The highest BCUT2D eigenvalue weighted by molar-refractivity contribution is 5.94. The lowest BCUT2D eigenvalue weighted by Crippen LogP contribution is -2.39. The first-order chi connectivity index (χ1) is 8.99. The minimum absolute atomic E-state index is 0.0910. The highest BCUT2D eigenvalue weighted by atomic mass is 16.6. The Morgan fingerprint density at radius 1 is 1.37 bits per heavy atom. The van der Waals surface area contributed by atoms with Gasteiger partial charge in [-0.3, -0.25) is 14.9 Å². The van der Waals surface area contributed by atoms with Crippen molar-refractivity contribution in [3.63, 3.8) is 0 Å². The third-order valence-electron chi connectivity index (χ3n) is 3.34. The molecule has 0 aromatic heterocycles. The van der Waals surface area contributed by atoms with Crippen molar-refractivity contribution >= 4 is 17.3 Å². The van der Waals surface area contributed by atoms with Gasteiger partial charge in [0.1, 0.15) is 5.69 Å². The molecule has 0 unspecified atom stereocenters. The predicted molar refractivity (Wildman–Crippen MR) is 71.0 cm³/mol. The standard InChI is InChI=1S/C12H16N4O3/c13-9-3-5-15(6-4-9)10-2-1-8(12(14)17)7-11(10)16(18)19/h1-2,7,9H,3-6,13H2,(H2,14,17). The second kappa shape index (κ2) is 5.23. The lowest BCUT2D eigenvalue weighted by Gasteiger charge is -2.31. The number of nitrogens with two attached hydrogens (primary N) is 2. The average molecular weight is 264 g/mol. The summed E-state index contributed by atoms with van der Waals surface area (Å²) >= 11 is 0. The van der Waals surface area contributed by atoms with E-state index in [1.54, 1.807) is 6.07 Å². The Morgan fingerprint density at radius 2 is 2.00 bits per heavy atom. The summed E-state index contributed by atoms with van der Waals surface area (Å²) in [6.07, 6.45) is 1.60. The maximum atomic E-state index is 11.1. The van der Waals surface area contributed by atoms with Gasteiger partial charge in [-0.1, -0.05) is 0 Å². The first kappa shape index (κ1) is 13.3. The largest absolute Gasteiger partial charge is 0.366 e. The van der Waals surface area contributed by atoms with Crippen LogP contribution in [0.4, 0.5) is 11.4 Å². The Morgan fingerprint density at radius 3 is 2.53 bits per heavy atom. The summed E-state index contributed by atoms with van der Waals surface area (Å²) in [7, 11) is 0. The van der Waals surface area contributed by atoms with E-state index in [1.165, 1.54) is 12.1 Å². The lowest BCUT2D eigenvalue weighted by atomic mass is 10.0. The zero-order chi connectivity index (χ0) is 14.0. The Balaban J connectivity index is 2.34. The first-order valence-electron chi connectivity index (χ1n) is 6.08. The average Bonchev–Trinajstić information content (AvgIpc) is 2.38. The number of nitro groups is 1. The molecule has 0 radical (unpaired) electrons. The van der Waals surface area contributed by atoms with Crippen LogP contribution in [0.15, 0.2) is 18.2 Å².